The van der Waals surface area contributed by atoms with Crippen LogP contribution in [-0.4, -0.2) is 49.1 Å². The smallest absolute Gasteiger partial charge is 0.459 e. The molecule has 0 saturated carbocycles. The maximum Gasteiger partial charge on any atom is 0.475 e. The number of phosphoric acid groups is 1. The molecule has 2 heterocycles. The standard InChI is InChI=1S/C29H29ClNO8PS/c1-29(20-39-40(34,37-18-22-13-7-3-8-14-22)38-19-23-15-9-4-10-16-23)25(31-26(32)24(30)27(31)41(29)35)28(33)36-17-21-11-5-2-6-12-21/h2-16,24-25,27H,17-20H2,1H3/t24-,25-,27+,29?,41?/m0/s1. The molecular weight excluding hydrogens is 589 g/mol. The van der Waals surface area contributed by atoms with E-state index in [2.05, 4.69) is 0 Å². The summed E-state index contributed by atoms with van der Waals surface area (Å²) in [6.45, 7) is 0.828. The average molecular weight is 618 g/mol. The summed E-state index contributed by atoms with van der Waals surface area (Å²) in [5.41, 5.74) is 2.21. The van der Waals surface area contributed by atoms with Gasteiger partial charge in [-0.3, -0.25) is 22.6 Å². The number of amides is 1. The first kappa shape index (κ1) is 29.6. The third-order valence-electron chi connectivity index (χ3n) is 6.97. The number of alkyl halides is 1. The van der Waals surface area contributed by atoms with E-state index in [4.69, 9.17) is 29.9 Å². The summed E-state index contributed by atoms with van der Waals surface area (Å²) in [5, 5.41) is -1.97. The van der Waals surface area contributed by atoms with E-state index in [0.717, 1.165) is 16.7 Å². The van der Waals surface area contributed by atoms with Crippen LogP contribution in [-0.2, 0) is 63.1 Å². The van der Waals surface area contributed by atoms with E-state index in [1.54, 1.807) is 48.5 Å². The van der Waals surface area contributed by atoms with Crippen molar-refractivity contribution in [3.63, 3.8) is 0 Å². The highest BCUT2D eigenvalue weighted by Gasteiger charge is 2.70. The van der Waals surface area contributed by atoms with Gasteiger partial charge < -0.3 is 9.64 Å². The summed E-state index contributed by atoms with van der Waals surface area (Å²) in [5.74, 6) is -1.29. The first-order valence-corrected chi connectivity index (χ1v) is 16.0. The van der Waals surface area contributed by atoms with Crippen molar-refractivity contribution in [1.82, 2.24) is 4.90 Å². The van der Waals surface area contributed by atoms with Crippen molar-refractivity contribution in [1.29, 1.82) is 0 Å². The fraction of sp³-hybridized carbons (Fsp3) is 0.310. The Bertz CT molecular complexity index is 1400. The number of fused-ring (bicyclic) bond motifs is 1. The Morgan fingerprint density at radius 1 is 0.854 bits per heavy atom. The lowest BCUT2D eigenvalue weighted by atomic mass is 9.97. The first-order valence-electron chi connectivity index (χ1n) is 12.9. The molecule has 1 amide bonds. The summed E-state index contributed by atoms with van der Waals surface area (Å²) >= 11 is 6.21. The van der Waals surface area contributed by atoms with Gasteiger partial charge in [-0.05, 0) is 23.6 Å². The second-order valence-corrected chi connectivity index (χ2v) is 14.0. The molecule has 9 nitrogen and oxygen atoms in total. The van der Waals surface area contributed by atoms with Gasteiger partial charge in [-0.15, -0.1) is 11.6 Å². The predicted octanol–water partition coefficient (Wildman–Crippen LogP) is 4.95. The molecule has 2 aliphatic heterocycles. The minimum Gasteiger partial charge on any atom is -0.459 e. The Morgan fingerprint density at radius 3 is 1.80 bits per heavy atom. The van der Waals surface area contributed by atoms with Crippen molar-refractivity contribution < 1.29 is 36.7 Å². The molecule has 0 radical (unpaired) electrons. The number of rotatable bonds is 12. The fourth-order valence-electron chi connectivity index (χ4n) is 4.70. The third kappa shape index (κ3) is 6.33. The molecule has 0 aliphatic carbocycles. The topological polar surface area (TPSA) is 108 Å². The van der Waals surface area contributed by atoms with Crippen LogP contribution in [0.3, 0.4) is 0 Å². The minimum atomic E-state index is -4.26. The summed E-state index contributed by atoms with van der Waals surface area (Å²) in [4.78, 5) is 27.3. The van der Waals surface area contributed by atoms with Crippen LogP contribution in [0.4, 0.5) is 0 Å². The van der Waals surface area contributed by atoms with Crippen molar-refractivity contribution in [2.45, 2.75) is 48.3 Å². The molecule has 2 fully saturated rings. The number of hydrogen-bond donors (Lipinski definition) is 0. The van der Waals surface area contributed by atoms with E-state index in [1.165, 1.54) is 11.8 Å². The molecule has 0 spiro atoms. The molecule has 0 bridgehead atoms. The van der Waals surface area contributed by atoms with Gasteiger partial charge in [0, 0.05) is 0 Å². The van der Waals surface area contributed by atoms with E-state index in [0.29, 0.717) is 0 Å². The predicted molar refractivity (Wildman–Crippen MR) is 153 cm³/mol. The van der Waals surface area contributed by atoms with Gasteiger partial charge in [0.05, 0.1) is 30.6 Å². The van der Waals surface area contributed by atoms with E-state index >= 15 is 0 Å². The van der Waals surface area contributed by atoms with Crippen LogP contribution >= 0.6 is 19.4 Å². The highest BCUT2D eigenvalue weighted by atomic mass is 35.5. The van der Waals surface area contributed by atoms with Gasteiger partial charge in [-0.2, -0.15) is 0 Å². The maximum absolute atomic E-state index is 13.9. The zero-order chi connectivity index (χ0) is 29.0. The van der Waals surface area contributed by atoms with Gasteiger partial charge in [-0.1, -0.05) is 91.0 Å². The number of β-lactam (4-membered cyclic amide) rings is 1. The van der Waals surface area contributed by atoms with Crippen LogP contribution in [0.15, 0.2) is 91.0 Å². The van der Waals surface area contributed by atoms with Gasteiger partial charge in [-0.25, -0.2) is 9.36 Å². The van der Waals surface area contributed by atoms with Gasteiger partial charge in [0.2, 0.25) is 5.91 Å². The number of benzene rings is 3. The maximum atomic E-state index is 13.9. The van der Waals surface area contributed by atoms with Crippen molar-refractivity contribution in [3.05, 3.63) is 108 Å². The highest BCUT2D eigenvalue weighted by molar-refractivity contribution is 7.87. The molecule has 216 valence electrons. The van der Waals surface area contributed by atoms with E-state index in [9.17, 15) is 18.4 Å². The second kappa shape index (κ2) is 12.6. The van der Waals surface area contributed by atoms with Gasteiger partial charge >= 0.3 is 13.8 Å². The van der Waals surface area contributed by atoms with Crippen LogP contribution in [0.2, 0.25) is 0 Å². The number of phosphoric ester groups is 1. The van der Waals surface area contributed by atoms with Crippen molar-refractivity contribution in [2.75, 3.05) is 6.61 Å². The lowest BCUT2D eigenvalue weighted by Gasteiger charge is -2.40. The lowest BCUT2D eigenvalue weighted by Crippen LogP contribution is -2.64. The van der Waals surface area contributed by atoms with Crippen molar-refractivity contribution in [2.24, 2.45) is 0 Å². The second-order valence-electron chi connectivity index (χ2n) is 9.88. The Labute approximate surface area is 245 Å². The molecule has 5 rings (SSSR count). The highest BCUT2D eigenvalue weighted by Crippen LogP contribution is 2.54. The Hall–Kier alpha value is -2.85. The van der Waals surface area contributed by atoms with E-state index in [1.807, 2.05) is 42.5 Å². The van der Waals surface area contributed by atoms with Crippen LogP contribution in [0.1, 0.15) is 23.6 Å². The minimum absolute atomic E-state index is 0.0460. The molecule has 2 saturated heterocycles. The van der Waals surface area contributed by atoms with E-state index in [-0.39, 0.29) is 19.8 Å². The van der Waals surface area contributed by atoms with Crippen molar-refractivity contribution >= 4 is 42.1 Å². The van der Waals surface area contributed by atoms with Crippen molar-refractivity contribution in [3.8, 4) is 0 Å². The molecule has 5 atom stereocenters. The summed E-state index contributed by atoms with van der Waals surface area (Å²) in [6, 6.07) is 25.9. The van der Waals surface area contributed by atoms with Gasteiger partial charge in [0.15, 0.2) is 0 Å². The number of hydrogen-bond acceptors (Lipinski definition) is 8. The molecule has 12 heteroatoms. The molecule has 0 aromatic heterocycles. The summed E-state index contributed by atoms with van der Waals surface area (Å²) in [6.07, 6.45) is 0. The fourth-order valence-corrected chi connectivity index (χ4v) is 8.48. The average Bonchev–Trinajstić information content (AvgIpc) is 3.22. The molecular formula is C29H29ClNO8PS. The number of nitrogens with zero attached hydrogens (tertiary/aromatic N) is 1. The largest absolute Gasteiger partial charge is 0.475 e. The molecule has 2 aliphatic rings. The number of carbonyl (C=O) groups is 2. The SMILES string of the molecule is CC1(COP(=O)(OCc2ccccc2)OCc2ccccc2)[C@H](C(=O)OCc2ccccc2)N2C(=O)[C@H](Cl)[C@H]2S1=O. The quantitative estimate of drug-likeness (QED) is 0.122. The monoisotopic (exact) mass is 617 g/mol. The Morgan fingerprint density at radius 2 is 1.32 bits per heavy atom. The van der Waals surface area contributed by atoms with Crippen LogP contribution in [0, 0.1) is 0 Å². The number of carbonyl (C=O) groups excluding carboxylic acids is 2. The summed E-state index contributed by atoms with van der Waals surface area (Å²) < 4.78 is 48.7. The molecule has 3 aromatic carbocycles. The number of ether oxygens (including phenoxy) is 1. The Kier molecular flexibility index (Phi) is 9.09. The zero-order valence-electron chi connectivity index (χ0n) is 22.2. The van der Waals surface area contributed by atoms with E-state index < -0.39 is 58.6 Å². The molecule has 3 aromatic rings. The molecule has 0 N–H and O–H groups in total. The van der Waals surface area contributed by atoms with Crippen LogP contribution < -0.4 is 0 Å². The summed E-state index contributed by atoms with van der Waals surface area (Å²) in [7, 11) is -6.13. The zero-order valence-corrected chi connectivity index (χ0v) is 24.6. The normalized spacial score (nSPS) is 25.4. The van der Waals surface area contributed by atoms with Crippen LogP contribution in [0.5, 0.6) is 0 Å². The number of esters is 1. The lowest BCUT2D eigenvalue weighted by molar-refractivity contribution is -0.162. The van der Waals surface area contributed by atoms with Gasteiger partial charge in [0.1, 0.15) is 28.1 Å². The number of halogens is 1. The Balaban J connectivity index is 1.36. The third-order valence-corrected chi connectivity index (χ3v) is 11.1. The molecule has 41 heavy (non-hydrogen) atoms. The van der Waals surface area contributed by atoms with Crippen LogP contribution in [0.25, 0.3) is 0 Å². The van der Waals surface area contributed by atoms with Gasteiger partial charge in [0.25, 0.3) is 0 Å². The first-order chi connectivity index (χ1) is 19.7. The molecule has 2 unspecified atom stereocenters.